The zero-order valence-corrected chi connectivity index (χ0v) is 17.7. The van der Waals surface area contributed by atoms with Gasteiger partial charge in [-0.3, -0.25) is 19.1 Å². The molecule has 0 unspecified atom stereocenters. The third-order valence-electron chi connectivity index (χ3n) is 5.00. The summed E-state index contributed by atoms with van der Waals surface area (Å²) >= 11 is 0. The monoisotopic (exact) mass is 440 g/mol. The van der Waals surface area contributed by atoms with Crippen molar-refractivity contribution in [2.75, 3.05) is 30.9 Å². The van der Waals surface area contributed by atoms with Crippen LogP contribution in [0.25, 0.3) is 0 Å². The Hall–Kier alpha value is -3.72. The smallest absolute Gasteiger partial charge is 0.330 e. The van der Waals surface area contributed by atoms with E-state index in [0.717, 1.165) is 5.56 Å². The van der Waals surface area contributed by atoms with Crippen molar-refractivity contribution >= 4 is 17.4 Å². The number of aromatic amines is 1. The highest BCUT2D eigenvalue weighted by molar-refractivity contribution is 5.96. The Balaban J connectivity index is 2.02. The average molecular weight is 440 g/mol. The fourth-order valence-corrected chi connectivity index (χ4v) is 3.39. The van der Waals surface area contributed by atoms with E-state index < -0.39 is 23.0 Å². The third-order valence-corrected chi connectivity index (χ3v) is 5.00. The van der Waals surface area contributed by atoms with Gasteiger partial charge in [-0.1, -0.05) is 48.5 Å². The van der Waals surface area contributed by atoms with Crippen molar-refractivity contribution in [2.45, 2.75) is 19.4 Å². The topological polar surface area (TPSA) is 110 Å². The molecule has 8 nitrogen and oxygen atoms in total. The van der Waals surface area contributed by atoms with Crippen molar-refractivity contribution in [3.63, 3.8) is 0 Å². The number of H-pyrrole nitrogens is 1. The van der Waals surface area contributed by atoms with Crippen LogP contribution in [0.1, 0.15) is 17.5 Å². The molecule has 0 atom stereocenters. The molecule has 3 N–H and O–H groups in total. The first kappa shape index (κ1) is 23.0. The van der Waals surface area contributed by atoms with E-state index in [2.05, 4.69) is 4.98 Å². The number of methoxy groups -OCH3 is 1. The summed E-state index contributed by atoms with van der Waals surface area (Å²) in [5, 5.41) is 0. The summed E-state index contributed by atoms with van der Waals surface area (Å²) in [6.07, 6.45) is 0.145. The fourth-order valence-electron chi connectivity index (χ4n) is 3.39. The second-order valence-electron chi connectivity index (χ2n) is 7.22. The highest BCUT2D eigenvalue weighted by Crippen LogP contribution is 2.20. The minimum Gasteiger partial charge on any atom is -0.385 e. The maximum atomic E-state index is 14.1. The molecule has 0 saturated heterocycles. The number of nitrogens with one attached hydrogen (secondary N) is 1. The van der Waals surface area contributed by atoms with Crippen molar-refractivity contribution < 1.29 is 13.9 Å². The van der Waals surface area contributed by atoms with Crippen LogP contribution in [-0.4, -0.2) is 35.7 Å². The number of rotatable bonds is 9. The minimum absolute atomic E-state index is 0.109. The highest BCUT2D eigenvalue weighted by atomic mass is 19.1. The molecule has 9 heteroatoms. The molecule has 0 radical (unpaired) electrons. The summed E-state index contributed by atoms with van der Waals surface area (Å²) in [4.78, 5) is 41.8. The van der Waals surface area contributed by atoms with Crippen molar-refractivity contribution in [3.05, 3.63) is 92.4 Å². The fraction of sp³-hybridized carbons (Fsp3) is 0.261. The van der Waals surface area contributed by atoms with Crippen LogP contribution in [0.3, 0.4) is 0 Å². The van der Waals surface area contributed by atoms with Crippen molar-refractivity contribution in [2.24, 2.45) is 0 Å². The van der Waals surface area contributed by atoms with E-state index in [1.165, 1.54) is 34.8 Å². The maximum absolute atomic E-state index is 14.1. The van der Waals surface area contributed by atoms with Crippen LogP contribution in [0.15, 0.2) is 64.2 Å². The van der Waals surface area contributed by atoms with Gasteiger partial charge >= 0.3 is 5.69 Å². The van der Waals surface area contributed by atoms with Gasteiger partial charge in [0.05, 0.1) is 13.0 Å². The second kappa shape index (κ2) is 10.5. The number of aromatic nitrogens is 2. The Kier molecular flexibility index (Phi) is 7.56. The van der Waals surface area contributed by atoms with Crippen molar-refractivity contribution in [1.29, 1.82) is 0 Å². The number of carbonyl (C=O) groups excluding carboxylic acids is 1. The van der Waals surface area contributed by atoms with E-state index in [1.54, 1.807) is 6.07 Å². The van der Waals surface area contributed by atoms with Gasteiger partial charge in [-0.2, -0.15) is 0 Å². The van der Waals surface area contributed by atoms with Gasteiger partial charge in [0, 0.05) is 20.3 Å². The Morgan fingerprint density at radius 2 is 1.81 bits per heavy atom. The molecule has 3 rings (SSSR count). The lowest BCUT2D eigenvalue weighted by molar-refractivity contribution is -0.118. The summed E-state index contributed by atoms with van der Waals surface area (Å²) < 4.78 is 20.4. The molecule has 0 spiro atoms. The molecular formula is C23H25FN4O4. The Bertz CT molecular complexity index is 1190. The van der Waals surface area contributed by atoms with Gasteiger partial charge < -0.3 is 15.4 Å². The summed E-state index contributed by atoms with van der Waals surface area (Å²) in [6.45, 7) is 0.561. The van der Waals surface area contributed by atoms with Crippen LogP contribution in [0, 0.1) is 5.82 Å². The minimum atomic E-state index is -0.781. The van der Waals surface area contributed by atoms with Gasteiger partial charge in [0.15, 0.2) is 5.69 Å². The molecule has 0 fully saturated rings. The van der Waals surface area contributed by atoms with Crippen LogP contribution in [0.5, 0.6) is 0 Å². The Morgan fingerprint density at radius 1 is 1.12 bits per heavy atom. The van der Waals surface area contributed by atoms with Gasteiger partial charge in [-0.15, -0.1) is 0 Å². The molecule has 1 aromatic heterocycles. The van der Waals surface area contributed by atoms with E-state index in [-0.39, 0.29) is 36.6 Å². The number of benzene rings is 2. The number of nitrogens with zero attached hydrogens (tertiary/aromatic N) is 2. The maximum Gasteiger partial charge on any atom is 0.330 e. The van der Waals surface area contributed by atoms with E-state index in [1.807, 2.05) is 30.3 Å². The summed E-state index contributed by atoms with van der Waals surface area (Å²) in [7, 11) is 1.52. The number of amides is 1. The number of ether oxygens (including phenoxy) is 1. The van der Waals surface area contributed by atoms with Crippen LogP contribution < -0.4 is 21.9 Å². The molecule has 3 aromatic rings. The summed E-state index contributed by atoms with van der Waals surface area (Å²) in [6, 6.07) is 15.0. The summed E-state index contributed by atoms with van der Waals surface area (Å²) in [5.41, 5.74) is 5.63. The third kappa shape index (κ3) is 5.30. The van der Waals surface area contributed by atoms with Gasteiger partial charge in [0.2, 0.25) is 5.91 Å². The van der Waals surface area contributed by atoms with E-state index in [4.69, 9.17) is 10.5 Å². The SMILES string of the molecule is COCCCN(C(=O)Cc1ccccc1F)c1c(N)n(Cc2ccccc2)c(=O)[nH]c1=O. The molecule has 1 heterocycles. The first-order valence-corrected chi connectivity index (χ1v) is 10.1. The van der Waals surface area contributed by atoms with E-state index >= 15 is 0 Å². The standard InChI is InChI=1S/C23H25FN4O4/c1-32-13-7-12-27(19(29)14-17-10-5-6-11-18(17)24)20-21(25)28(23(31)26-22(20)30)15-16-8-3-2-4-9-16/h2-6,8-11H,7,12-15,25H2,1H3,(H,26,30,31). The first-order valence-electron chi connectivity index (χ1n) is 10.1. The van der Waals surface area contributed by atoms with Gasteiger partial charge in [0.1, 0.15) is 11.6 Å². The molecule has 0 aliphatic rings. The lowest BCUT2D eigenvalue weighted by Gasteiger charge is -2.24. The molecule has 2 aromatic carbocycles. The number of hydrogen-bond acceptors (Lipinski definition) is 5. The predicted octanol–water partition coefficient (Wildman–Crippen LogP) is 1.92. The molecule has 0 aliphatic carbocycles. The number of halogens is 1. The van der Waals surface area contributed by atoms with Crippen LogP contribution >= 0.6 is 0 Å². The van der Waals surface area contributed by atoms with Gasteiger partial charge in [0.25, 0.3) is 5.56 Å². The highest BCUT2D eigenvalue weighted by Gasteiger charge is 2.25. The lowest BCUT2D eigenvalue weighted by Crippen LogP contribution is -2.42. The molecule has 168 valence electrons. The molecule has 0 aliphatic heterocycles. The molecular weight excluding hydrogens is 415 g/mol. The predicted molar refractivity (Wildman–Crippen MR) is 120 cm³/mol. The number of nitrogens with two attached hydrogens (primary N) is 1. The number of hydrogen-bond donors (Lipinski definition) is 2. The zero-order valence-electron chi connectivity index (χ0n) is 17.7. The molecule has 0 saturated carbocycles. The largest absolute Gasteiger partial charge is 0.385 e. The van der Waals surface area contributed by atoms with E-state index in [0.29, 0.717) is 13.0 Å². The lowest BCUT2D eigenvalue weighted by atomic mass is 10.1. The number of anilines is 2. The quantitative estimate of drug-likeness (QED) is 0.494. The number of carbonyl (C=O) groups is 1. The second-order valence-corrected chi connectivity index (χ2v) is 7.22. The average Bonchev–Trinajstić information content (AvgIpc) is 2.77. The number of nitrogen functional groups attached to an aromatic ring is 1. The van der Waals surface area contributed by atoms with Crippen LogP contribution in [0.2, 0.25) is 0 Å². The zero-order chi connectivity index (χ0) is 23.1. The van der Waals surface area contributed by atoms with Crippen LogP contribution in [-0.2, 0) is 22.5 Å². The van der Waals surface area contributed by atoms with Crippen molar-refractivity contribution in [3.8, 4) is 0 Å². The molecule has 32 heavy (non-hydrogen) atoms. The van der Waals surface area contributed by atoms with Crippen molar-refractivity contribution in [1.82, 2.24) is 9.55 Å². The van der Waals surface area contributed by atoms with Crippen LogP contribution in [0.4, 0.5) is 15.9 Å². The molecule has 0 bridgehead atoms. The Labute approximate surface area is 184 Å². The Morgan fingerprint density at radius 3 is 2.50 bits per heavy atom. The normalized spacial score (nSPS) is 10.8. The first-order chi connectivity index (χ1) is 15.4. The van der Waals surface area contributed by atoms with E-state index in [9.17, 15) is 18.8 Å². The molecule has 1 amide bonds. The van der Waals surface area contributed by atoms with Gasteiger partial charge in [-0.25, -0.2) is 9.18 Å². The summed E-state index contributed by atoms with van der Waals surface area (Å²) in [5.74, 6) is -1.18. The van der Waals surface area contributed by atoms with Gasteiger partial charge in [-0.05, 0) is 23.6 Å².